The number of rotatable bonds is 2. The molecule has 8 aromatic carbocycles. The van der Waals surface area contributed by atoms with Crippen LogP contribution in [0.3, 0.4) is 0 Å². The van der Waals surface area contributed by atoms with Crippen molar-refractivity contribution in [3.8, 4) is 22.3 Å². The first kappa shape index (κ1) is 22.5. The van der Waals surface area contributed by atoms with E-state index in [1.54, 1.807) is 0 Å². The van der Waals surface area contributed by atoms with Crippen LogP contribution in [0.1, 0.15) is 45.2 Å². The fourth-order valence-corrected chi connectivity index (χ4v) is 8.25. The molecule has 0 saturated carbocycles. The molecule has 0 heterocycles. The Labute approximate surface area is 244 Å². The maximum absolute atomic E-state index is 2.45. The van der Waals surface area contributed by atoms with Gasteiger partial charge in [0.15, 0.2) is 0 Å². The average Bonchev–Trinajstić information content (AvgIpc) is 3.56. The van der Waals surface area contributed by atoms with Gasteiger partial charge in [0.2, 0.25) is 0 Å². The van der Waals surface area contributed by atoms with Crippen molar-refractivity contribution in [1.29, 1.82) is 0 Å². The second-order valence-electron chi connectivity index (χ2n) is 12.0. The molecule has 0 saturated heterocycles. The molecule has 0 radical (unpaired) electrons. The zero-order valence-electron chi connectivity index (χ0n) is 23.0. The fourth-order valence-electron chi connectivity index (χ4n) is 8.25. The minimum atomic E-state index is 0.258. The zero-order chi connectivity index (χ0) is 27.4. The van der Waals surface area contributed by atoms with Crippen LogP contribution >= 0.6 is 0 Å². The van der Waals surface area contributed by atoms with E-state index in [1.165, 1.54) is 88.0 Å². The quantitative estimate of drug-likeness (QED) is 0.195. The van der Waals surface area contributed by atoms with Crippen LogP contribution in [-0.4, -0.2) is 0 Å². The van der Waals surface area contributed by atoms with Crippen molar-refractivity contribution >= 4 is 32.3 Å². The van der Waals surface area contributed by atoms with Gasteiger partial charge in [-0.2, -0.15) is 0 Å². The molecule has 0 unspecified atom stereocenters. The van der Waals surface area contributed by atoms with Crippen LogP contribution in [0.2, 0.25) is 0 Å². The summed E-state index contributed by atoms with van der Waals surface area (Å²) in [4.78, 5) is 0. The SMILES string of the molecule is c1ccc2c(c1)-c1ccccc1C2c1cc2ccc3cc(C4c5ccccc5-c5ccccc54)cc4ccc(c1)c2c34. The summed E-state index contributed by atoms with van der Waals surface area (Å²) in [7, 11) is 0. The fraction of sp³-hybridized carbons (Fsp3) is 0.0476. The average molecular weight is 531 g/mol. The van der Waals surface area contributed by atoms with E-state index in [0.717, 1.165) is 0 Å². The highest BCUT2D eigenvalue weighted by molar-refractivity contribution is 6.23. The van der Waals surface area contributed by atoms with Crippen LogP contribution in [0.25, 0.3) is 54.6 Å². The van der Waals surface area contributed by atoms with Gasteiger partial charge in [0.05, 0.1) is 0 Å². The normalized spacial score (nSPS) is 14.0. The molecule has 0 amide bonds. The van der Waals surface area contributed by atoms with E-state index in [1.807, 2.05) is 0 Å². The minimum Gasteiger partial charge on any atom is -0.0619 e. The van der Waals surface area contributed by atoms with Crippen LogP contribution in [-0.2, 0) is 0 Å². The number of fused-ring (bicyclic) bond motifs is 6. The van der Waals surface area contributed by atoms with Crippen molar-refractivity contribution in [3.63, 3.8) is 0 Å². The molecule has 0 aliphatic heterocycles. The van der Waals surface area contributed by atoms with Crippen LogP contribution in [0.15, 0.2) is 146 Å². The lowest BCUT2D eigenvalue weighted by atomic mass is 9.83. The topological polar surface area (TPSA) is 0 Å². The molecule has 0 bridgehead atoms. The van der Waals surface area contributed by atoms with E-state index in [9.17, 15) is 0 Å². The van der Waals surface area contributed by atoms with Gasteiger partial charge in [-0.25, -0.2) is 0 Å². The van der Waals surface area contributed by atoms with Gasteiger partial charge in [-0.1, -0.05) is 146 Å². The molecule has 0 N–H and O–H groups in total. The van der Waals surface area contributed by atoms with Crippen LogP contribution < -0.4 is 0 Å². The molecule has 0 fully saturated rings. The molecular formula is C42H26. The van der Waals surface area contributed by atoms with Crippen molar-refractivity contribution < 1.29 is 0 Å². The lowest BCUT2D eigenvalue weighted by Crippen LogP contribution is -2.01. The van der Waals surface area contributed by atoms with Gasteiger partial charge in [0.25, 0.3) is 0 Å². The number of hydrogen-bond acceptors (Lipinski definition) is 0. The maximum Gasteiger partial charge on any atom is 0.0352 e. The molecule has 0 nitrogen and oxygen atoms in total. The Kier molecular flexibility index (Phi) is 4.38. The molecule has 10 rings (SSSR count). The Balaban J connectivity index is 1.17. The van der Waals surface area contributed by atoms with Crippen molar-refractivity contribution in [2.24, 2.45) is 0 Å². The third kappa shape index (κ3) is 2.91. The highest BCUT2D eigenvalue weighted by atomic mass is 14.3. The molecule has 2 aliphatic carbocycles. The monoisotopic (exact) mass is 530 g/mol. The Morgan fingerprint density at radius 1 is 0.286 bits per heavy atom. The summed E-state index contributed by atoms with van der Waals surface area (Å²) >= 11 is 0. The Bertz CT molecular complexity index is 2050. The van der Waals surface area contributed by atoms with Crippen molar-refractivity contribution in [3.05, 3.63) is 179 Å². The minimum absolute atomic E-state index is 0.258. The van der Waals surface area contributed by atoms with E-state index in [2.05, 4.69) is 146 Å². The van der Waals surface area contributed by atoms with E-state index >= 15 is 0 Å². The van der Waals surface area contributed by atoms with Gasteiger partial charge in [-0.05, 0) is 88.0 Å². The Hall–Kier alpha value is -5.20. The van der Waals surface area contributed by atoms with Gasteiger partial charge in [0, 0.05) is 11.8 Å². The first-order valence-electron chi connectivity index (χ1n) is 14.9. The molecule has 8 aromatic rings. The number of benzene rings is 8. The molecule has 0 aromatic heterocycles. The molecular weight excluding hydrogens is 504 g/mol. The number of hydrogen-bond donors (Lipinski definition) is 0. The Morgan fingerprint density at radius 2 is 0.548 bits per heavy atom. The van der Waals surface area contributed by atoms with E-state index in [4.69, 9.17) is 0 Å². The summed E-state index contributed by atoms with van der Waals surface area (Å²) in [5, 5.41) is 8.07. The lowest BCUT2D eigenvalue weighted by molar-refractivity contribution is 1.02. The maximum atomic E-state index is 2.45. The molecule has 2 aliphatic rings. The van der Waals surface area contributed by atoms with Crippen LogP contribution in [0.5, 0.6) is 0 Å². The highest BCUT2D eigenvalue weighted by Gasteiger charge is 2.31. The second-order valence-corrected chi connectivity index (χ2v) is 12.0. The smallest absolute Gasteiger partial charge is 0.0352 e. The highest BCUT2D eigenvalue weighted by Crippen LogP contribution is 2.51. The lowest BCUT2D eigenvalue weighted by Gasteiger charge is -2.20. The summed E-state index contributed by atoms with van der Waals surface area (Å²) in [6.45, 7) is 0. The van der Waals surface area contributed by atoms with Crippen LogP contribution in [0.4, 0.5) is 0 Å². The Morgan fingerprint density at radius 3 is 0.833 bits per heavy atom. The van der Waals surface area contributed by atoms with Gasteiger partial charge >= 0.3 is 0 Å². The molecule has 194 valence electrons. The second kappa shape index (κ2) is 8.18. The summed E-state index contributed by atoms with van der Waals surface area (Å²) < 4.78 is 0. The van der Waals surface area contributed by atoms with Crippen molar-refractivity contribution in [1.82, 2.24) is 0 Å². The standard InChI is InChI=1S/C42H26/c1-5-13-35-31(9-1)32-10-2-6-14-36(32)41(35)29-21-25-17-19-27-23-30(24-28-20-18-26(22-29)39(25)40(27)28)42-37-15-7-3-11-33(37)34-12-4-8-16-38(34)42/h1-24,41-42H. The van der Waals surface area contributed by atoms with Gasteiger partial charge < -0.3 is 0 Å². The van der Waals surface area contributed by atoms with Gasteiger partial charge in [-0.15, -0.1) is 0 Å². The third-order valence-corrected chi connectivity index (χ3v) is 9.91. The predicted octanol–water partition coefficient (Wildman–Crippen LogP) is 10.9. The summed E-state index contributed by atoms with van der Waals surface area (Å²) in [5.41, 5.74) is 13.9. The predicted molar refractivity (Wildman–Crippen MR) is 176 cm³/mol. The first-order chi connectivity index (χ1) is 20.8. The largest absolute Gasteiger partial charge is 0.0619 e. The van der Waals surface area contributed by atoms with E-state index < -0.39 is 0 Å². The summed E-state index contributed by atoms with van der Waals surface area (Å²) in [6.07, 6.45) is 0. The van der Waals surface area contributed by atoms with Gasteiger partial charge in [0.1, 0.15) is 0 Å². The molecule has 0 heteroatoms. The van der Waals surface area contributed by atoms with Gasteiger partial charge in [-0.3, -0.25) is 0 Å². The summed E-state index contributed by atoms with van der Waals surface area (Å²) in [5.74, 6) is 0.516. The van der Waals surface area contributed by atoms with Crippen LogP contribution in [0, 0.1) is 0 Å². The molecule has 42 heavy (non-hydrogen) atoms. The third-order valence-electron chi connectivity index (χ3n) is 9.91. The molecule has 0 spiro atoms. The van der Waals surface area contributed by atoms with E-state index in [0.29, 0.717) is 0 Å². The van der Waals surface area contributed by atoms with Crippen molar-refractivity contribution in [2.45, 2.75) is 11.8 Å². The van der Waals surface area contributed by atoms with Crippen molar-refractivity contribution in [2.75, 3.05) is 0 Å². The molecule has 0 atom stereocenters. The summed E-state index contributed by atoms with van der Waals surface area (Å²) in [6, 6.07) is 54.9. The zero-order valence-corrected chi connectivity index (χ0v) is 23.0. The first-order valence-corrected chi connectivity index (χ1v) is 14.9. The van der Waals surface area contributed by atoms with E-state index in [-0.39, 0.29) is 11.8 Å².